The minimum absolute atomic E-state index is 0.00148. The molecule has 1 amide bonds. The van der Waals surface area contributed by atoms with Crippen molar-refractivity contribution in [2.45, 2.75) is 69.3 Å². The van der Waals surface area contributed by atoms with Gasteiger partial charge in [-0.25, -0.2) is 4.79 Å². The van der Waals surface area contributed by atoms with E-state index in [1.54, 1.807) is 35.2 Å². The molecule has 3 aromatic carbocycles. The van der Waals surface area contributed by atoms with Gasteiger partial charge in [-0.15, -0.1) is 18.2 Å². The summed E-state index contributed by atoms with van der Waals surface area (Å²) in [5.74, 6) is -0.536. The second-order valence-corrected chi connectivity index (χ2v) is 16.4. The largest absolute Gasteiger partial charge is 0.496 e. The average molecular weight is 905 g/mol. The summed E-state index contributed by atoms with van der Waals surface area (Å²) < 4.78 is 37.6. The topological polar surface area (TPSA) is 175 Å². The molecule has 0 spiro atoms. The second kappa shape index (κ2) is 24.4. The van der Waals surface area contributed by atoms with Gasteiger partial charge in [0.05, 0.1) is 56.6 Å². The van der Waals surface area contributed by atoms with Crippen molar-refractivity contribution < 1.29 is 58.2 Å². The van der Waals surface area contributed by atoms with E-state index in [0.717, 1.165) is 48.7 Å². The molecule has 1 aliphatic heterocycles. The molecule has 0 saturated heterocycles. The number of hydrogen-bond donors (Lipinski definition) is 3. The number of carbonyl (C=O) groups is 2. The molecule has 3 N–H and O–H groups in total. The normalized spacial score (nSPS) is 22.6. The number of oxime groups is 1. The van der Waals surface area contributed by atoms with E-state index in [1.807, 2.05) is 42.5 Å². The van der Waals surface area contributed by atoms with E-state index in [2.05, 4.69) is 12.7 Å². The maximum Gasteiger partial charge on any atom is 0.410 e. The molecule has 6 rings (SSSR count). The summed E-state index contributed by atoms with van der Waals surface area (Å²) in [5, 5.41) is 34.3. The molecule has 6 unspecified atom stereocenters. The third-order valence-corrected chi connectivity index (χ3v) is 12.2. The minimum atomic E-state index is -1.55. The summed E-state index contributed by atoms with van der Waals surface area (Å²) in [5.41, 5.74) is 3.59. The lowest BCUT2D eigenvalue weighted by Crippen LogP contribution is -2.70. The van der Waals surface area contributed by atoms with Gasteiger partial charge in [-0.1, -0.05) is 60.5 Å². The first-order valence-corrected chi connectivity index (χ1v) is 22.6. The number of nitrogens with zero attached hydrogens (tertiary/aromatic N) is 2. The van der Waals surface area contributed by atoms with E-state index < -0.39 is 23.8 Å². The molecule has 6 atom stereocenters. The van der Waals surface area contributed by atoms with Crippen LogP contribution in [0.4, 0.5) is 4.79 Å². The highest BCUT2D eigenvalue weighted by Crippen LogP contribution is 2.62. The number of allylic oxidation sites excluding steroid dienone is 1. The van der Waals surface area contributed by atoms with Gasteiger partial charge in [0.2, 0.25) is 5.79 Å². The molecule has 15 heteroatoms. The monoisotopic (exact) mass is 904 g/mol. The van der Waals surface area contributed by atoms with Crippen molar-refractivity contribution in [3.8, 4) is 23.0 Å². The summed E-state index contributed by atoms with van der Waals surface area (Å²) in [6.07, 6.45) is 8.36. The zero-order valence-electron chi connectivity index (χ0n) is 36.5. The zero-order valence-corrected chi connectivity index (χ0v) is 37.2. The fourth-order valence-corrected chi connectivity index (χ4v) is 9.46. The van der Waals surface area contributed by atoms with Crippen LogP contribution >= 0.6 is 11.6 Å². The van der Waals surface area contributed by atoms with Crippen molar-refractivity contribution in [3.63, 3.8) is 0 Å². The highest BCUT2D eigenvalue weighted by atomic mass is 35.5. The third kappa shape index (κ3) is 11.5. The van der Waals surface area contributed by atoms with Crippen LogP contribution in [0.1, 0.15) is 72.3 Å². The van der Waals surface area contributed by atoms with Gasteiger partial charge in [0.1, 0.15) is 42.3 Å². The molecule has 1 fully saturated rings. The van der Waals surface area contributed by atoms with Crippen LogP contribution in [0.2, 0.25) is 0 Å². The third-order valence-electron chi connectivity index (χ3n) is 12.1. The first-order chi connectivity index (χ1) is 31.4. The number of halogens is 1. The molecule has 1 heterocycles. The number of aliphatic hydroxyl groups is 3. The van der Waals surface area contributed by atoms with Gasteiger partial charge in [-0.05, 0) is 85.1 Å². The summed E-state index contributed by atoms with van der Waals surface area (Å²) in [7, 11) is 1.50. The van der Waals surface area contributed by atoms with E-state index in [1.165, 1.54) is 7.11 Å². The average Bonchev–Trinajstić information content (AvgIpc) is 3.32. The number of aliphatic hydroxyl groups excluding tert-OH is 3. The fourth-order valence-electron chi connectivity index (χ4n) is 9.39. The molecule has 3 aliphatic rings. The number of alkyl halides is 1. The van der Waals surface area contributed by atoms with Gasteiger partial charge in [0.15, 0.2) is 6.29 Å². The maximum absolute atomic E-state index is 14.3. The number of amides is 1. The minimum Gasteiger partial charge on any atom is -0.496 e. The van der Waals surface area contributed by atoms with Crippen LogP contribution in [0.5, 0.6) is 23.0 Å². The van der Waals surface area contributed by atoms with E-state index in [4.69, 9.17) is 50.0 Å². The first-order valence-electron chi connectivity index (χ1n) is 22.1. The Kier molecular flexibility index (Phi) is 18.5. The predicted molar refractivity (Wildman–Crippen MR) is 241 cm³/mol. The molecule has 346 valence electrons. The van der Waals surface area contributed by atoms with Crippen LogP contribution in [0.3, 0.4) is 0 Å². The molecule has 14 nitrogen and oxygen atoms in total. The highest BCUT2D eigenvalue weighted by molar-refractivity contribution is 6.18. The molecule has 0 radical (unpaired) electrons. The van der Waals surface area contributed by atoms with Crippen molar-refractivity contribution in [1.29, 1.82) is 0 Å². The van der Waals surface area contributed by atoms with Crippen molar-refractivity contribution in [1.82, 2.24) is 4.90 Å². The van der Waals surface area contributed by atoms with Gasteiger partial charge in [-0.3, -0.25) is 9.69 Å². The van der Waals surface area contributed by atoms with E-state index in [-0.39, 0.29) is 89.5 Å². The molecular weight excluding hydrogens is 844 g/mol. The summed E-state index contributed by atoms with van der Waals surface area (Å²) in [4.78, 5) is 34.0. The van der Waals surface area contributed by atoms with Gasteiger partial charge >= 0.3 is 6.09 Å². The number of carbonyl (C=O) groups excluding carboxylic acids is 2. The Bertz CT molecular complexity index is 2050. The van der Waals surface area contributed by atoms with Crippen LogP contribution in [0, 0.1) is 17.8 Å². The Labute approximate surface area is 380 Å². The van der Waals surface area contributed by atoms with Crippen molar-refractivity contribution in [2.24, 2.45) is 22.9 Å². The number of benzene rings is 3. The number of aldehydes is 1. The zero-order chi connectivity index (χ0) is 45.3. The van der Waals surface area contributed by atoms with Gasteiger partial charge in [-0.2, -0.15) is 0 Å². The summed E-state index contributed by atoms with van der Waals surface area (Å²) in [6.45, 7) is 4.33. The van der Waals surface area contributed by atoms with Gasteiger partial charge in [0.25, 0.3) is 0 Å². The lowest BCUT2D eigenvalue weighted by Gasteiger charge is -2.59. The van der Waals surface area contributed by atoms with Crippen LogP contribution in [-0.2, 0) is 25.7 Å². The van der Waals surface area contributed by atoms with Crippen molar-refractivity contribution in [3.05, 3.63) is 108 Å². The lowest BCUT2D eigenvalue weighted by atomic mass is 9.55. The Morgan fingerprint density at radius 3 is 2.45 bits per heavy atom. The maximum atomic E-state index is 14.3. The van der Waals surface area contributed by atoms with Crippen LogP contribution in [-0.4, -0.2) is 116 Å². The Morgan fingerprint density at radius 1 is 0.969 bits per heavy atom. The van der Waals surface area contributed by atoms with Gasteiger partial charge < -0.3 is 48.6 Å². The van der Waals surface area contributed by atoms with E-state index in [0.29, 0.717) is 47.1 Å². The number of fused-ring (bicyclic) bond motifs is 2. The molecule has 1 saturated carbocycles. The van der Waals surface area contributed by atoms with Crippen LogP contribution in [0.15, 0.2) is 96.2 Å². The standard InChI is InChI=1S/C49H61ClN2O12/c1-3-24-61-49-45(52(20-26-59-27-23-55)48(57)60-25-19-50)31-42(51-62-33-34-11-5-4-6-12-34)40-29-35(13-7-9-21-53)39(14-8-10-22-54)46(47(40)49)41-30-38(16-18-44(41)64-49)63-37-15-17-43(58-2)36(28-37)32-56/h3-6,11-12,15-18,28-30,32,35,39,45-47,53-55H,1,7-10,13-14,19-27,31,33H2,2H3. The molecular formula is C49H61ClN2O12. The molecule has 0 aromatic heterocycles. The van der Waals surface area contributed by atoms with Crippen molar-refractivity contribution >= 4 is 29.7 Å². The predicted octanol–water partition coefficient (Wildman–Crippen LogP) is 7.82. The quantitative estimate of drug-likeness (QED) is 0.0235. The Balaban J connectivity index is 1.58. The fraction of sp³-hybridized carbons (Fsp3) is 0.490. The van der Waals surface area contributed by atoms with Crippen LogP contribution < -0.4 is 14.2 Å². The number of unbranched alkanes of at least 4 members (excludes halogenated alkanes) is 2. The van der Waals surface area contributed by atoms with E-state index >= 15 is 0 Å². The molecule has 0 bridgehead atoms. The Morgan fingerprint density at radius 2 is 1.73 bits per heavy atom. The number of ether oxygens (including phenoxy) is 6. The summed E-state index contributed by atoms with van der Waals surface area (Å²) in [6, 6.07) is 19.5. The second-order valence-electron chi connectivity index (χ2n) is 16.0. The first kappa shape index (κ1) is 48.5. The molecule has 3 aromatic rings. The molecule has 2 aliphatic carbocycles. The highest BCUT2D eigenvalue weighted by Gasteiger charge is 2.65. The van der Waals surface area contributed by atoms with Crippen molar-refractivity contribution in [2.75, 3.05) is 65.8 Å². The Hall–Kier alpha value is -4.96. The number of hydrogen-bond acceptors (Lipinski definition) is 13. The summed E-state index contributed by atoms with van der Waals surface area (Å²) >= 11 is 6.05. The van der Waals surface area contributed by atoms with Crippen LogP contribution in [0.25, 0.3) is 0 Å². The SMILES string of the molecule is C=CCOC12Oc3ccc(Oc4ccc(OC)c(C=O)c4)cc3C3C(CCCCO)C(CCCCO)C=C(C(=NOCc4ccccc4)CC1N(CCOCCO)C(=O)OCCCl)C32. The number of rotatable bonds is 26. The van der Waals surface area contributed by atoms with E-state index in [9.17, 15) is 24.9 Å². The van der Waals surface area contributed by atoms with Gasteiger partial charge in [0, 0.05) is 37.7 Å². The smallest absolute Gasteiger partial charge is 0.410 e. The molecule has 64 heavy (non-hydrogen) atoms. The lowest BCUT2D eigenvalue weighted by molar-refractivity contribution is -0.256. The number of methoxy groups -OCH3 is 1.